The van der Waals surface area contributed by atoms with Gasteiger partial charge in [0, 0.05) is 5.56 Å². The van der Waals surface area contributed by atoms with Gasteiger partial charge in [0.2, 0.25) is 0 Å². The van der Waals surface area contributed by atoms with Gasteiger partial charge in [0.15, 0.2) is 0 Å². The van der Waals surface area contributed by atoms with E-state index in [2.05, 4.69) is 5.32 Å². The fraction of sp³-hybridized carbons (Fsp3) is 0.500. The van der Waals surface area contributed by atoms with Crippen LogP contribution in [0.3, 0.4) is 0 Å². The van der Waals surface area contributed by atoms with Crippen LogP contribution in [-0.4, -0.2) is 29.1 Å². The third-order valence-corrected chi connectivity index (χ3v) is 2.78. The highest BCUT2D eigenvalue weighted by atomic mass is 16.5. The normalized spacial score (nSPS) is 12.3. The number of nitrogens with one attached hydrogen (secondary N) is 1. The number of carbonyl (C=O) groups is 2. The molecule has 116 valence electrons. The van der Waals surface area contributed by atoms with Crippen molar-refractivity contribution in [2.24, 2.45) is 5.92 Å². The molecular weight excluding hydrogens is 270 g/mol. The highest BCUT2D eigenvalue weighted by Gasteiger charge is 2.21. The molecule has 1 unspecified atom stereocenters. The highest BCUT2D eigenvalue weighted by molar-refractivity contribution is 5.96. The predicted molar refractivity (Wildman–Crippen MR) is 80.6 cm³/mol. The topological polar surface area (TPSA) is 75.6 Å². The minimum Gasteiger partial charge on any atom is -0.491 e. The first-order valence-electron chi connectivity index (χ1n) is 7.10. The molecule has 1 rings (SSSR count). The largest absolute Gasteiger partial charge is 0.491 e. The molecule has 0 saturated heterocycles. The summed E-state index contributed by atoms with van der Waals surface area (Å²) in [7, 11) is 0. The monoisotopic (exact) mass is 293 g/mol. The molecule has 0 saturated carbocycles. The molecule has 1 atom stereocenters. The standard InChI is InChI=1S/C16H23NO4/c1-10(2)8-14(16(19)20)17-15(18)12-6-5-7-13(9-12)21-11(3)4/h5-7,9-11,14H,8H2,1-4H3,(H,17,18)(H,19,20). The second-order valence-electron chi connectivity index (χ2n) is 5.69. The van der Waals surface area contributed by atoms with E-state index in [1.807, 2.05) is 27.7 Å². The minimum atomic E-state index is -1.02. The molecule has 0 aromatic heterocycles. The van der Waals surface area contributed by atoms with Crippen LogP contribution in [0.15, 0.2) is 24.3 Å². The Bertz CT molecular complexity index is 497. The molecule has 0 fully saturated rings. The number of ether oxygens (including phenoxy) is 1. The van der Waals surface area contributed by atoms with E-state index in [0.717, 1.165) is 0 Å². The molecule has 1 amide bonds. The van der Waals surface area contributed by atoms with Gasteiger partial charge in [0.1, 0.15) is 11.8 Å². The smallest absolute Gasteiger partial charge is 0.326 e. The van der Waals surface area contributed by atoms with E-state index in [0.29, 0.717) is 17.7 Å². The lowest BCUT2D eigenvalue weighted by molar-refractivity contribution is -0.139. The molecule has 0 spiro atoms. The molecule has 0 aliphatic heterocycles. The number of carboxylic acid groups (broad SMARTS) is 1. The molecule has 0 aliphatic carbocycles. The van der Waals surface area contributed by atoms with Crippen molar-refractivity contribution in [1.29, 1.82) is 0 Å². The Labute approximate surface area is 125 Å². The Morgan fingerprint density at radius 2 is 1.90 bits per heavy atom. The van der Waals surface area contributed by atoms with Gasteiger partial charge < -0.3 is 15.2 Å². The van der Waals surface area contributed by atoms with E-state index in [4.69, 9.17) is 9.84 Å². The SMILES string of the molecule is CC(C)CC(NC(=O)c1cccc(OC(C)C)c1)C(=O)O. The molecule has 5 heteroatoms. The number of aliphatic carboxylic acids is 1. The van der Waals surface area contributed by atoms with Gasteiger partial charge in [-0.3, -0.25) is 4.79 Å². The lowest BCUT2D eigenvalue weighted by Crippen LogP contribution is -2.41. The second-order valence-corrected chi connectivity index (χ2v) is 5.69. The van der Waals surface area contributed by atoms with Crippen molar-refractivity contribution >= 4 is 11.9 Å². The van der Waals surface area contributed by atoms with Gasteiger partial charge in [-0.25, -0.2) is 4.79 Å². The first-order chi connectivity index (χ1) is 9.79. The van der Waals surface area contributed by atoms with Crippen LogP contribution in [0.1, 0.15) is 44.5 Å². The third kappa shape index (κ3) is 5.85. The van der Waals surface area contributed by atoms with Crippen LogP contribution < -0.4 is 10.1 Å². The van der Waals surface area contributed by atoms with E-state index in [1.165, 1.54) is 0 Å². The summed E-state index contributed by atoms with van der Waals surface area (Å²) in [5, 5.41) is 11.7. The van der Waals surface area contributed by atoms with E-state index >= 15 is 0 Å². The summed E-state index contributed by atoms with van der Waals surface area (Å²) in [5.41, 5.74) is 0.392. The maximum absolute atomic E-state index is 12.1. The summed E-state index contributed by atoms with van der Waals surface area (Å²) in [5.74, 6) is -0.653. The molecule has 0 bridgehead atoms. The first kappa shape index (κ1) is 17.0. The Kier molecular flexibility index (Phi) is 6.21. The number of hydrogen-bond donors (Lipinski definition) is 2. The molecule has 1 aromatic rings. The zero-order chi connectivity index (χ0) is 16.0. The number of rotatable bonds is 7. The van der Waals surface area contributed by atoms with Crippen molar-refractivity contribution in [2.45, 2.75) is 46.3 Å². The van der Waals surface area contributed by atoms with Crippen LogP contribution >= 0.6 is 0 Å². The highest BCUT2D eigenvalue weighted by Crippen LogP contribution is 2.15. The van der Waals surface area contributed by atoms with Gasteiger partial charge in [0.05, 0.1) is 6.10 Å². The molecule has 2 N–H and O–H groups in total. The maximum atomic E-state index is 12.1. The molecular formula is C16H23NO4. The number of benzene rings is 1. The fourth-order valence-electron chi connectivity index (χ4n) is 1.92. The van der Waals surface area contributed by atoms with Crippen molar-refractivity contribution in [3.8, 4) is 5.75 Å². The van der Waals surface area contributed by atoms with Crippen molar-refractivity contribution in [1.82, 2.24) is 5.32 Å². The quantitative estimate of drug-likeness (QED) is 0.810. The van der Waals surface area contributed by atoms with Crippen molar-refractivity contribution in [3.63, 3.8) is 0 Å². The van der Waals surface area contributed by atoms with Crippen molar-refractivity contribution in [3.05, 3.63) is 29.8 Å². The Morgan fingerprint density at radius 3 is 2.43 bits per heavy atom. The molecule has 1 aromatic carbocycles. The van der Waals surface area contributed by atoms with E-state index in [-0.39, 0.29) is 12.0 Å². The molecule has 5 nitrogen and oxygen atoms in total. The zero-order valence-electron chi connectivity index (χ0n) is 12.9. The number of carbonyl (C=O) groups excluding carboxylic acids is 1. The van der Waals surface area contributed by atoms with Crippen LogP contribution in [0.25, 0.3) is 0 Å². The summed E-state index contributed by atoms with van der Waals surface area (Å²) >= 11 is 0. The summed E-state index contributed by atoms with van der Waals surface area (Å²) in [6, 6.07) is 5.84. The van der Waals surface area contributed by atoms with Crippen molar-refractivity contribution in [2.75, 3.05) is 0 Å². The van der Waals surface area contributed by atoms with Crippen LogP contribution in [-0.2, 0) is 4.79 Å². The van der Waals surface area contributed by atoms with Crippen LogP contribution in [0.5, 0.6) is 5.75 Å². The van der Waals surface area contributed by atoms with E-state index in [1.54, 1.807) is 24.3 Å². The summed E-state index contributed by atoms with van der Waals surface area (Å²) in [4.78, 5) is 23.3. The van der Waals surface area contributed by atoms with Crippen LogP contribution in [0, 0.1) is 5.92 Å². The summed E-state index contributed by atoms with van der Waals surface area (Å²) in [6.45, 7) is 7.63. The Balaban J connectivity index is 2.80. The van der Waals surface area contributed by atoms with Gasteiger partial charge in [-0.1, -0.05) is 19.9 Å². The van der Waals surface area contributed by atoms with Gasteiger partial charge in [-0.2, -0.15) is 0 Å². The number of amides is 1. The first-order valence-corrected chi connectivity index (χ1v) is 7.10. The summed E-state index contributed by atoms with van der Waals surface area (Å²) < 4.78 is 5.53. The lowest BCUT2D eigenvalue weighted by atomic mass is 10.0. The molecule has 21 heavy (non-hydrogen) atoms. The Hall–Kier alpha value is -2.04. The van der Waals surface area contributed by atoms with Crippen LogP contribution in [0.4, 0.5) is 0 Å². The Morgan fingerprint density at radius 1 is 1.24 bits per heavy atom. The minimum absolute atomic E-state index is 0.0102. The lowest BCUT2D eigenvalue weighted by Gasteiger charge is -2.17. The average Bonchev–Trinajstić information content (AvgIpc) is 2.36. The van der Waals surface area contributed by atoms with Gasteiger partial charge in [0.25, 0.3) is 5.91 Å². The number of carboxylic acids is 1. The fourth-order valence-corrected chi connectivity index (χ4v) is 1.92. The van der Waals surface area contributed by atoms with Gasteiger partial charge >= 0.3 is 5.97 Å². The van der Waals surface area contributed by atoms with E-state index < -0.39 is 17.9 Å². The van der Waals surface area contributed by atoms with Crippen LogP contribution in [0.2, 0.25) is 0 Å². The van der Waals surface area contributed by atoms with Gasteiger partial charge in [-0.05, 0) is 44.4 Å². The predicted octanol–water partition coefficient (Wildman–Crippen LogP) is 2.70. The number of hydrogen-bond acceptors (Lipinski definition) is 3. The van der Waals surface area contributed by atoms with E-state index in [9.17, 15) is 9.59 Å². The average molecular weight is 293 g/mol. The molecule has 0 radical (unpaired) electrons. The molecule has 0 heterocycles. The second kappa shape index (κ2) is 7.67. The van der Waals surface area contributed by atoms with Gasteiger partial charge in [-0.15, -0.1) is 0 Å². The third-order valence-electron chi connectivity index (χ3n) is 2.78. The summed E-state index contributed by atoms with van der Waals surface area (Å²) in [6.07, 6.45) is 0.402. The van der Waals surface area contributed by atoms with Crippen molar-refractivity contribution < 1.29 is 19.4 Å². The molecule has 0 aliphatic rings. The maximum Gasteiger partial charge on any atom is 0.326 e. The zero-order valence-corrected chi connectivity index (χ0v) is 12.9.